The molecule has 5 unspecified atom stereocenters. The Kier molecular flexibility index (Phi) is 13.0. The van der Waals surface area contributed by atoms with Crippen LogP contribution in [0.3, 0.4) is 0 Å². The molecule has 2 aliphatic carbocycles. The van der Waals surface area contributed by atoms with E-state index in [0.717, 1.165) is 38.5 Å². The van der Waals surface area contributed by atoms with E-state index in [9.17, 15) is 30.0 Å². The molecule has 45 heavy (non-hydrogen) atoms. The summed E-state index contributed by atoms with van der Waals surface area (Å²) in [7, 11) is 3.36. The maximum Gasteiger partial charge on any atom is 0.251 e. The monoisotopic (exact) mass is 644 g/mol. The smallest absolute Gasteiger partial charge is 0.251 e. The zero-order chi connectivity index (χ0) is 33.0. The first kappa shape index (κ1) is 36.4. The van der Waals surface area contributed by atoms with E-state index in [1.165, 1.54) is 18.2 Å². The predicted octanol–water partition coefficient (Wildman–Crippen LogP) is 0.827. The van der Waals surface area contributed by atoms with Crippen molar-refractivity contribution in [2.24, 2.45) is 11.8 Å². The Morgan fingerprint density at radius 1 is 0.800 bits per heavy atom. The van der Waals surface area contributed by atoms with Gasteiger partial charge in [0.1, 0.15) is 42.7 Å². The summed E-state index contributed by atoms with van der Waals surface area (Å²) in [6, 6.07) is -0.941. The number of carbonyl (C=O) groups is 2. The van der Waals surface area contributed by atoms with E-state index in [-0.39, 0.29) is 17.7 Å². The standard InChI is InChI=1S/C32H56N2O11/c1-16-11-10-14-21(28(16)45-32-27(39)26(38)24(36)17(2)42-32)44-31-23(33-19(4)35)29(25(37)18(3)41-31)43-22(30(40)34(5)6)15-20-12-8-7-9-13-20/h16-18,20-29,31-32,36-39H,7-15H2,1-6H3,(H,33,35)/t16?,17-,18-,21+,22-,23?,24-,25-,26?,27-,28+,29?,31-,32?/m0/s1. The van der Waals surface area contributed by atoms with Gasteiger partial charge in [-0.15, -0.1) is 0 Å². The number of amides is 2. The van der Waals surface area contributed by atoms with Crippen molar-refractivity contribution in [2.45, 2.75) is 165 Å². The van der Waals surface area contributed by atoms with Gasteiger partial charge in [0.2, 0.25) is 5.91 Å². The van der Waals surface area contributed by atoms with Gasteiger partial charge in [-0.3, -0.25) is 9.59 Å². The predicted molar refractivity (Wildman–Crippen MR) is 162 cm³/mol. The van der Waals surface area contributed by atoms with Crippen molar-refractivity contribution < 1.29 is 53.7 Å². The van der Waals surface area contributed by atoms with Crippen LogP contribution in [0.4, 0.5) is 0 Å². The van der Waals surface area contributed by atoms with Gasteiger partial charge in [-0.1, -0.05) is 45.4 Å². The first-order valence-corrected chi connectivity index (χ1v) is 16.8. The summed E-state index contributed by atoms with van der Waals surface area (Å²) in [6.07, 6.45) is -3.81. The molecule has 14 atom stereocenters. The second-order valence-electron chi connectivity index (χ2n) is 13.9. The van der Waals surface area contributed by atoms with Crippen molar-refractivity contribution in [1.29, 1.82) is 0 Å². The summed E-state index contributed by atoms with van der Waals surface area (Å²) < 4.78 is 31.2. The van der Waals surface area contributed by atoms with Crippen LogP contribution < -0.4 is 5.32 Å². The molecule has 4 aliphatic rings. The molecule has 0 spiro atoms. The van der Waals surface area contributed by atoms with Gasteiger partial charge in [-0.05, 0) is 44.9 Å². The normalized spacial score (nSPS) is 42.1. The Hall–Kier alpha value is -1.42. The number of likely N-dealkylation sites (N-methyl/N-ethyl adjacent to an activating group) is 1. The molecule has 260 valence electrons. The Labute approximate surface area is 266 Å². The molecule has 2 saturated carbocycles. The molecule has 13 nitrogen and oxygen atoms in total. The van der Waals surface area contributed by atoms with Gasteiger partial charge >= 0.3 is 0 Å². The molecule has 5 N–H and O–H groups in total. The van der Waals surface area contributed by atoms with Gasteiger partial charge in [-0.2, -0.15) is 0 Å². The highest BCUT2D eigenvalue weighted by Gasteiger charge is 2.50. The summed E-state index contributed by atoms with van der Waals surface area (Å²) in [5, 5.41) is 45.3. The van der Waals surface area contributed by atoms with Crippen molar-refractivity contribution in [3.8, 4) is 0 Å². The number of rotatable bonds is 10. The van der Waals surface area contributed by atoms with Crippen LogP contribution in [0.25, 0.3) is 0 Å². The lowest BCUT2D eigenvalue weighted by atomic mass is 9.84. The highest BCUT2D eigenvalue weighted by Crippen LogP contribution is 2.36. The van der Waals surface area contributed by atoms with Crippen molar-refractivity contribution in [1.82, 2.24) is 10.2 Å². The maximum atomic E-state index is 13.4. The van der Waals surface area contributed by atoms with Crippen LogP contribution in [0, 0.1) is 11.8 Å². The SMILES string of the molecule is CC(=O)NC1C(O[C@@H](CC2CCCCC2)C(=O)N(C)C)[C@@H](O)[C@H](C)O[C@H]1O[C@@H]1CCCC(C)[C@H]1OC1O[C@@H](C)[C@H](O)C(O)[C@@H]1O. The lowest BCUT2D eigenvalue weighted by molar-refractivity contribution is -0.334. The second kappa shape index (κ2) is 16.1. The Bertz CT molecular complexity index is 965. The van der Waals surface area contributed by atoms with Gasteiger partial charge < -0.3 is 54.3 Å². The number of carbonyl (C=O) groups excluding carboxylic acids is 2. The minimum atomic E-state index is -1.47. The molecule has 4 rings (SSSR count). The van der Waals surface area contributed by atoms with Gasteiger partial charge in [0.25, 0.3) is 5.91 Å². The lowest BCUT2D eigenvalue weighted by Crippen LogP contribution is -2.66. The maximum absolute atomic E-state index is 13.4. The second-order valence-corrected chi connectivity index (χ2v) is 13.9. The highest BCUT2D eigenvalue weighted by molar-refractivity contribution is 5.80. The van der Waals surface area contributed by atoms with E-state index in [1.807, 2.05) is 6.92 Å². The van der Waals surface area contributed by atoms with Crippen molar-refractivity contribution in [3.63, 3.8) is 0 Å². The highest BCUT2D eigenvalue weighted by atomic mass is 16.7. The van der Waals surface area contributed by atoms with Crippen LogP contribution >= 0.6 is 0 Å². The largest absolute Gasteiger partial charge is 0.388 e. The van der Waals surface area contributed by atoms with Gasteiger partial charge in [0.05, 0.1) is 24.4 Å². The number of aliphatic hydroxyl groups excluding tert-OH is 4. The molecular weight excluding hydrogens is 588 g/mol. The van der Waals surface area contributed by atoms with Gasteiger partial charge in [0, 0.05) is 21.0 Å². The first-order valence-electron chi connectivity index (χ1n) is 16.8. The quantitative estimate of drug-likeness (QED) is 0.228. The van der Waals surface area contributed by atoms with Crippen LogP contribution in [-0.2, 0) is 33.3 Å². The van der Waals surface area contributed by atoms with E-state index in [4.69, 9.17) is 23.7 Å². The first-order chi connectivity index (χ1) is 21.3. The molecule has 0 bridgehead atoms. The number of hydrogen-bond donors (Lipinski definition) is 5. The fourth-order valence-electron chi connectivity index (χ4n) is 7.25. The Balaban J connectivity index is 1.56. The third-order valence-corrected chi connectivity index (χ3v) is 9.98. The van der Waals surface area contributed by atoms with Crippen molar-refractivity contribution in [3.05, 3.63) is 0 Å². The molecule has 0 aromatic carbocycles. The van der Waals surface area contributed by atoms with E-state index in [1.54, 1.807) is 27.9 Å². The third-order valence-electron chi connectivity index (χ3n) is 9.98. The lowest BCUT2D eigenvalue weighted by Gasteiger charge is -2.48. The Morgan fingerprint density at radius 3 is 2.09 bits per heavy atom. The third kappa shape index (κ3) is 8.94. The average molecular weight is 645 g/mol. The summed E-state index contributed by atoms with van der Waals surface area (Å²) in [5.74, 6) is -0.266. The summed E-state index contributed by atoms with van der Waals surface area (Å²) in [6.45, 7) is 6.65. The van der Waals surface area contributed by atoms with Crippen LogP contribution in [0.5, 0.6) is 0 Å². The van der Waals surface area contributed by atoms with E-state index in [2.05, 4.69) is 5.32 Å². The van der Waals surface area contributed by atoms with E-state index in [0.29, 0.717) is 18.8 Å². The van der Waals surface area contributed by atoms with Crippen LogP contribution in [0.2, 0.25) is 0 Å². The topological polar surface area (TPSA) is 176 Å². The molecule has 4 fully saturated rings. The van der Waals surface area contributed by atoms with Gasteiger partial charge in [-0.25, -0.2) is 0 Å². The molecule has 0 aromatic heterocycles. The number of aliphatic hydroxyl groups is 4. The molecular formula is C32H56N2O11. The number of ether oxygens (including phenoxy) is 5. The fourth-order valence-corrected chi connectivity index (χ4v) is 7.25. The van der Waals surface area contributed by atoms with Crippen LogP contribution in [0.1, 0.15) is 85.5 Å². The van der Waals surface area contributed by atoms with Crippen molar-refractivity contribution >= 4 is 11.8 Å². The summed E-state index contributed by atoms with van der Waals surface area (Å²) in [4.78, 5) is 27.3. The fraction of sp³-hybridized carbons (Fsp3) is 0.938. The minimum Gasteiger partial charge on any atom is -0.388 e. The average Bonchev–Trinajstić information content (AvgIpc) is 2.99. The Morgan fingerprint density at radius 2 is 1.44 bits per heavy atom. The van der Waals surface area contributed by atoms with E-state index < -0.39 is 79.7 Å². The number of hydrogen-bond acceptors (Lipinski definition) is 11. The molecule has 13 heteroatoms. The number of nitrogens with zero attached hydrogens (tertiary/aromatic N) is 1. The molecule has 0 aromatic rings. The van der Waals surface area contributed by atoms with Crippen LogP contribution in [-0.4, -0.2) is 131 Å². The number of nitrogens with one attached hydrogen (secondary N) is 1. The molecule has 2 aliphatic heterocycles. The zero-order valence-electron chi connectivity index (χ0n) is 27.6. The summed E-state index contributed by atoms with van der Waals surface area (Å²) in [5.41, 5.74) is 0. The van der Waals surface area contributed by atoms with Crippen molar-refractivity contribution in [2.75, 3.05) is 14.1 Å². The molecule has 0 radical (unpaired) electrons. The van der Waals surface area contributed by atoms with E-state index >= 15 is 0 Å². The van der Waals surface area contributed by atoms with Crippen LogP contribution in [0.15, 0.2) is 0 Å². The molecule has 2 saturated heterocycles. The minimum absolute atomic E-state index is 0.0192. The molecule has 2 amide bonds. The zero-order valence-corrected chi connectivity index (χ0v) is 27.6. The summed E-state index contributed by atoms with van der Waals surface area (Å²) >= 11 is 0. The molecule has 2 heterocycles. The van der Waals surface area contributed by atoms with Gasteiger partial charge in [0.15, 0.2) is 12.6 Å².